The molecule has 1 aromatic carbocycles. The highest BCUT2D eigenvalue weighted by atomic mass is 32.2. The fourth-order valence-electron chi connectivity index (χ4n) is 1.38. The van der Waals surface area contributed by atoms with E-state index in [0.717, 1.165) is 18.2 Å². The molecule has 0 aliphatic rings. The summed E-state index contributed by atoms with van der Waals surface area (Å²) in [6, 6.07) is 2.66. The Hall–Kier alpha value is -1.47. The first-order chi connectivity index (χ1) is 8.99. The molecule has 20 heavy (non-hydrogen) atoms. The molecule has 0 fully saturated rings. The van der Waals surface area contributed by atoms with E-state index in [-0.39, 0.29) is 17.6 Å². The van der Waals surface area contributed by atoms with Crippen molar-refractivity contribution in [3.63, 3.8) is 0 Å². The van der Waals surface area contributed by atoms with E-state index in [1.165, 1.54) is 0 Å². The average Bonchev–Trinajstić information content (AvgIpc) is 2.25. The minimum absolute atomic E-state index is 0.00598. The third kappa shape index (κ3) is 5.26. The Morgan fingerprint density at radius 2 is 1.90 bits per heavy atom. The summed E-state index contributed by atoms with van der Waals surface area (Å²) < 4.78 is 40.6. The number of carbonyl (C=O) groups excluding carboxylic acids is 1. The van der Waals surface area contributed by atoms with Gasteiger partial charge in [0, 0.05) is 0 Å². The normalized spacial score (nSPS) is 12.2. The van der Waals surface area contributed by atoms with Crippen molar-refractivity contribution in [3.8, 4) is 0 Å². The molecule has 7 heteroatoms. The van der Waals surface area contributed by atoms with Crippen molar-refractivity contribution < 1.29 is 22.3 Å². The van der Waals surface area contributed by atoms with Crippen LogP contribution in [0.3, 0.4) is 0 Å². The summed E-state index contributed by atoms with van der Waals surface area (Å²) in [5.74, 6) is -1.64. The largest absolute Gasteiger partial charge is 0.462 e. The Labute approximate surface area is 118 Å². The predicted octanol–water partition coefficient (Wildman–Crippen LogP) is 2.07. The van der Waals surface area contributed by atoms with Crippen LogP contribution in [0.5, 0.6) is 0 Å². The second-order valence-corrected chi connectivity index (χ2v) is 7.23. The summed E-state index contributed by atoms with van der Waals surface area (Å²) in [4.78, 5) is 11.3. The minimum Gasteiger partial charge on any atom is -0.462 e. The summed E-state index contributed by atoms with van der Waals surface area (Å²) in [5, 5.41) is 4.91. The molecule has 0 amide bonds. The molecule has 0 bridgehead atoms. The molecule has 1 rings (SSSR count). The van der Waals surface area contributed by atoms with Gasteiger partial charge in [-0.25, -0.2) is 22.7 Å². The molecule has 5 nitrogen and oxygen atoms in total. The van der Waals surface area contributed by atoms with Gasteiger partial charge in [-0.2, -0.15) is 0 Å². The second-order valence-electron chi connectivity index (χ2n) is 5.67. The fraction of sp³-hybridized carbons (Fsp3) is 0.462. The average molecular weight is 303 g/mol. The highest BCUT2D eigenvalue weighted by Gasteiger charge is 2.17. The summed E-state index contributed by atoms with van der Waals surface area (Å²) in [5.41, 5.74) is -0.184. The van der Waals surface area contributed by atoms with Gasteiger partial charge < -0.3 is 4.74 Å². The number of rotatable bonds is 4. The zero-order chi connectivity index (χ0) is 15.6. The molecule has 0 atom stereocenters. The molecule has 2 N–H and O–H groups in total. The van der Waals surface area contributed by atoms with Gasteiger partial charge in [0.2, 0.25) is 10.0 Å². The lowest BCUT2D eigenvalue weighted by Crippen LogP contribution is -2.16. The van der Waals surface area contributed by atoms with Crippen molar-refractivity contribution in [1.29, 1.82) is 0 Å². The first kappa shape index (κ1) is 16.6. The van der Waals surface area contributed by atoms with Crippen LogP contribution in [0.1, 0.15) is 37.6 Å². The molecule has 0 heterocycles. The van der Waals surface area contributed by atoms with Gasteiger partial charge >= 0.3 is 5.97 Å². The van der Waals surface area contributed by atoms with Crippen molar-refractivity contribution in [2.24, 2.45) is 10.6 Å². The summed E-state index contributed by atoms with van der Waals surface area (Å²) in [7, 11) is -4.07. The minimum atomic E-state index is -4.07. The summed E-state index contributed by atoms with van der Waals surface area (Å²) >= 11 is 0. The first-order valence-corrected chi connectivity index (χ1v) is 7.54. The van der Waals surface area contributed by atoms with Crippen LogP contribution in [-0.2, 0) is 14.8 Å². The topological polar surface area (TPSA) is 86.5 Å². The highest BCUT2D eigenvalue weighted by Crippen LogP contribution is 2.19. The van der Waals surface area contributed by atoms with E-state index >= 15 is 0 Å². The van der Waals surface area contributed by atoms with Crippen molar-refractivity contribution in [2.45, 2.75) is 32.1 Å². The Morgan fingerprint density at radius 1 is 1.30 bits per heavy atom. The maximum Gasteiger partial charge on any atom is 0.338 e. The quantitative estimate of drug-likeness (QED) is 0.863. The lowest BCUT2D eigenvalue weighted by Gasteiger charge is -2.17. The van der Waals surface area contributed by atoms with Crippen LogP contribution in [0, 0.1) is 11.2 Å². The van der Waals surface area contributed by atoms with Gasteiger partial charge in [0.1, 0.15) is 5.82 Å². The molecule has 0 unspecified atom stereocenters. The number of hydrogen-bond donors (Lipinski definition) is 1. The molecule has 0 saturated carbocycles. The van der Waals surface area contributed by atoms with Crippen molar-refractivity contribution >= 4 is 16.0 Å². The number of benzene rings is 1. The lowest BCUT2D eigenvalue weighted by molar-refractivity contribution is 0.0464. The van der Waals surface area contributed by atoms with Crippen LogP contribution < -0.4 is 5.14 Å². The smallest absolute Gasteiger partial charge is 0.338 e. The third-order valence-corrected chi connectivity index (χ3v) is 3.41. The molecule has 0 spiro atoms. The maximum absolute atomic E-state index is 13.3. The number of ether oxygens (including phenoxy) is 1. The Kier molecular flexibility index (Phi) is 4.88. The zero-order valence-corrected chi connectivity index (χ0v) is 12.5. The van der Waals surface area contributed by atoms with E-state index in [2.05, 4.69) is 0 Å². The number of carbonyl (C=O) groups is 1. The van der Waals surface area contributed by atoms with Crippen LogP contribution >= 0.6 is 0 Å². The summed E-state index contributed by atoms with van der Waals surface area (Å²) in [6.07, 6.45) is 0.635. The van der Waals surface area contributed by atoms with Crippen LogP contribution in [0.4, 0.5) is 4.39 Å². The van der Waals surface area contributed by atoms with Gasteiger partial charge in [-0.3, -0.25) is 0 Å². The third-order valence-electron chi connectivity index (χ3n) is 2.52. The molecule has 0 aromatic heterocycles. The Balaban J connectivity index is 2.86. The molecule has 1 aromatic rings. The van der Waals surface area contributed by atoms with Gasteiger partial charge in [0.05, 0.1) is 17.1 Å². The van der Waals surface area contributed by atoms with Crippen LogP contribution in [0.25, 0.3) is 0 Å². The van der Waals surface area contributed by atoms with Crippen molar-refractivity contribution in [2.75, 3.05) is 6.61 Å². The fourth-order valence-corrected chi connectivity index (χ4v) is 1.95. The van der Waals surface area contributed by atoms with Crippen LogP contribution in [0.2, 0.25) is 0 Å². The van der Waals surface area contributed by atoms with Crippen LogP contribution in [0.15, 0.2) is 23.1 Å². The maximum atomic E-state index is 13.3. The van der Waals surface area contributed by atoms with Gasteiger partial charge in [0.15, 0.2) is 0 Å². The molecule has 0 aliphatic heterocycles. The van der Waals surface area contributed by atoms with E-state index in [4.69, 9.17) is 9.88 Å². The number of primary sulfonamides is 1. The van der Waals surface area contributed by atoms with Gasteiger partial charge in [-0.05, 0) is 30.0 Å². The van der Waals surface area contributed by atoms with E-state index < -0.39 is 26.7 Å². The molecule has 0 saturated heterocycles. The number of halogens is 1. The number of sulfonamides is 1. The second kappa shape index (κ2) is 5.88. The molecular formula is C13H18FNO4S. The van der Waals surface area contributed by atoms with Crippen LogP contribution in [-0.4, -0.2) is 21.0 Å². The van der Waals surface area contributed by atoms with Crippen molar-refractivity contribution in [3.05, 3.63) is 29.6 Å². The Morgan fingerprint density at radius 3 is 2.40 bits per heavy atom. The monoisotopic (exact) mass is 303 g/mol. The standard InChI is InChI=1S/C13H18FNO4S/c1-13(2,3)4-5-19-12(16)9-6-10(14)8-11(7-9)20(15,17)18/h6-8H,4-5H2,1-3H3,(H2,15,17,18). The number of hydrogen-bond acceptors (Lipinski definition) is 4. The molecular weight excluding hydrogens is 285 g/mol. The first-order valence-electron chi connectivity index (χ1n) is 5.99. The van der Waals surface area contributed by atoms with Crippen molar-refractivity contribution in [1.82, 2.24) is 0 Å². The van der Waals surface area contributed by atoms with E-state index in [1.807, 2.05) is 20.8 Å². The summed E-state index contributed by atoms with van der Waals surface area (Å²) in [6.45, 7) is 6.13. The lowest BCUT2D eigenvalue weighted by atomic mass is 9.93. The van der Waals surface area contributed by atoms with E-state index in [9.17, 15) is 17.6 Å². The SMILES string of the molecule is CC(C)(C)CCOC(=O)c1cc(F)cc(S(N)(=O)=O)c1. The highest BCUT2D eigenvalue weighted by molar-refractivity contribution is 7.89. The van der Waals surface area contributed by atoms with Gasteiger partial charge in [-0.1, -0.05) is 20.8 Å². The van der Waals surface area contributed by atoms with E-state index in [1.54, 1.807) is 0 Å². The Bertz CT molecular complexity index is 605. The van der Waals surface area contributed by atoms with E-state index in [0.29, 0.717) is 6.42 Å². The van der Waals surface area contributed by atoms with Gasteiger partial charge in [-0.15, -0.1) is 0 Å². The molecule has 112 valence electrons. The number of nitrogens with two attached hydrogens (primary N) is 1. The molecule has 0 aliphatic carbocycles. The van der Waals surface area contributed by atoms with Gasteiger partial charge in [0.25, 0.3) is 0 Å². The molecule has 0 radical (unpaired) electrons. The number of esters is 1. The predicted molar refractivity (Wildman–Crippen MR) is 72.1 cm³/mol. The zero-order valence-electron chi connectivity index (χ0n) is 11.6.